The number of urea groups is 1. The van der Waals surface area contributed by atoms with Crippen LogP contribution in [0.3, 0.4) is 0 Å². The van der Waals surface area contributed by atoms with Crippen LogP contribution < -0.4 is 5.32 Å². The van der Waals surface area contributed by atoms with Crippen LogP contribution in [0, 0.1) is 6.92 Å². The monoisotopic (exact) mass is 499 g/mol. The third-order valence-electron chi connectivity index (χ3n) is 5.42. The molecule has 2 aromatic rings. The maximum absolute atomic E-state index is 12.9. The van der Waals surface area contributed by atoms with Crippen LogP contribution in [-0.2, 0) is 14.3 Å². The van der Waals surface area contributed by atoms with Gasteiger partial charge in [0.05, 0.1) is 12.3 Å². The molecule has 3 aliphatic rings. The fourth-order valence-corrected chi connectivity index (χ4v) is 5.82. The number of aliphatic carboxylic acids is 1. The van der Waals surface area contributed by atoms with Gasteiger partial charge in [-0.25, -0.2) is 9.59 Å². The van der Waals surface area contributed by atoms with Crippen molar-refractivity contribution in [2.75, 3.05) is 17.6 Å². The van der Waals surface area contributed by atoms with E-state index >= 15 is 0 Å². The molecule has 0 spiro atoms. The number of aromatic hydroxyl groups is 1. The predicted molar refractivity (Wildman–Crippen MR) is 120 cm³/mol. The number of rotatable bonds is 5. The molecule has 14 heteroatoms. The Kier molecular flexibility index (Phi) is 6.60. The molecule has 5 rings (SSSR count). The summed E-state index contributed by atoms with van der Waals surface area (Å²) in [7, 11) is 0. The van der Waals surface area contributed by atoms with E-state index in [9.17, 15) is 24.6 Å². The van der Waals surface area contributed by atoms with E-state index in [1.807, 2.05) is 6.92 Å². The molecule has 3 N–H and O–H groups in total. The van der Waals surface area contributed by atoms with E-state index in [-0.39, 0.29) is 59.1 Å². The number of benzene rings is 1. The Morgan fingerprint density at radius 3 is 2.67 bits per heavy atom. The Morgan fingerprint density at radius 1 is 1.30 bits per heavy atom. The number of aromatic nitrogens is 2. The molecule has 3 amide bonds. The van der Waals surface area contributed by atoms with Crippen molar-refractivity contribution in [2.24, 2.45) is 0 Å². The van der Waals surface area contributed by atoms with Gasteiger partial charge in [-0.1, -0.05) is 23.1 Å². The van der Waals surface area contributed by atoms with Crippen molar-refractivity contribution in [1.29, 1.82) is 0 Å². The Balaban J connectivity index is 0.00000259. The number of thioether (sulfide) groups is 1. The van der Waals surface area contributed by atoms with Crippen LogP contribution in [0.25, 0.3) is 0 Å². The van der Waals surface area contributed by atoms with Gasteiger partial charge in [0.2, 0.25) is 0 Å². The topological polar surface area (TPSA) is 145 Å². The number of hydrogen-bond donors (Lipinski definition) is 3. The molecule has 0 unspecified atom stereocenters. The molecule has 2 saturated heterocycles. The van der Waals surface area contributed by atoms with Gasteiger partial charge in [0.25, 0.3) is 5.91 Å². The number of aryl methyl sites for hydroxylation is 1. The standard InChI is InChI=1S/C19H17N5O6S2.Na.H/c1-8-21-22-19(32-8)31-7-12-14(17(27)28)24-13-11(30-12)6-23(15(13)16(24)26)18(29)20-9-2-4-10(25)5-3-9;;/h2-5,11,13,15,25H,6-7H2,1H3,(H,20,29)(H,27,28);;/t11-,13-,15+;;/m1../s1. The van der Waals surface area contributed by atoms with Gasteiger partial charge < -0.3 is 25.2 Å². The number of carbonyl (C=O) groups is 3. The van der Waals surface area contributed by atoms with E-state index in [1.54, 1.807) is 0 Å². The summed E-state index contributed by atoms with van der Waals surface area (Å²) in [5.41, 5.74) is 0.267. The first-order chi connectivity index (χ1) is 15.3. The average molecular weight is 500 g/mol. The third-order valence-corrected chi connectivity index (χ3v) is 7.39. The van der Waals surface area contributed by atoms with Crippen molar-refractivity contribution in [1.82, 2.24) is 20.0 Å². The second-order valence-electron chi connectivity index (χ2n) is 7.38. The van der Waals surface area contributed by atoms with E-state index in [0.29, 0.717) is 10.0 Å². The number of carboxylic acids is 1. The molecule has 4 heterocycles. The Bertz CT molecular complexity index is 1160. The van der Waals surface area contributed by atoms with E-state index in [4.69, 9.17) is 4.74 Å². The van der Waals surface area contributed by atoms with Gasteiger partial charge in [-0.3, -0.25) is 9.69 Å². The Hall–Kier alpha value is -2.32. The van der Waals surface area contributed by atoms with Crippen molar-refractivity contribution < 1.29 is 29.3 Å². The summed E-state index contributed by atoms with van der Waals surface area (Å²) < 4.78 is 6.66. The molecule has 1 aromatic heterocycles. The van der Waals surface area contributed by atoms with Crippen LogP contribution in [0.1, 0.15) is 5.01 Å². The van der Waals surface area contributed by atoms with Gasteiger partial charge in [-0.05, 0) is 31.2 Å². The maximum atomic E-state index is 12.9. The number of carboxylic acid groups (broad SMARTS) is 1. The number of carbonyl (C=O) groups excluding carboxylic acids is 2. The van der Waals surface area contributed by atoms with Crippen molar-refractivity contribution in [3.05, 3.63) is 40.7 Å². The quantitative estimate of drug-likeness (QED) is 0.236. The van der Waals surface area contributed by atoms with E-state index in [0.717, 1.165) is 5.01 Å². The molecule has 11 nitrogen and oxygen atoms in total. The number of hydrogen-bond acceptors (Lipinski definition) is 9. The second-order valence-corrected chi connectivity index (χ2v) is 9.79. The number of amides is 3. The summed E-state index contributed by atoms with van der Waals surface area (Å²) in [6, 6.07) is 4.12. The molecular formula is C19H18N5NaO6S2. The fourth-order valence-electron chi connectivity index (χ4n) is 4.07. The number of phenols is 1. The van der Waals surface area contributed by atoms with Crippen molar-refractivity contribution in [2.45, 2.75) is 29.5 Å². The molecule has 3 aliphatic heterocycles. The number of ether oxygens (including phenoxy) is 1. The Morgan fingerprint density at radius 2 is 2.03 bits per heavy atom. The first-order valence-corrected chi connectivity index (χ1v) is 11.4. The summed E-state index contributed by atoms with van der Waals surface area (Å²) in [5.74, 6) is -1.30. The van der Waals surface area contributed by atoms with Crippen LogP contribution in [0.2, 0.25) is 0 Å². The van der Waals surface area contributed by atoms with Crippen LogP contribution in [0.5, 0.6) is 5.75 Å². The van der Waals surface area contributed by atoms with Gasteiger partial charge in [-0.15, -0.1) is 10.2 Å². The van der Waals surface area contributed by atoms with E-state index in [1.165, 1.54) is 57.2 Å². The normalized spacial score (nSPS) is 22.8. The molecule has 33 heavy (non-hydrogen) atoms. The van der Waals surface area contributed by atoms with Crippen LogP contribution in [-0.4, -0.2) is 108 Å². The van der Waals surface area contributed by atoms with Crippen LogP contribution >= 0.6 is 23.1 Å². The average Bonchev–Trinajstić information content (AvgIpc) is 3.34. The van der Waals surface area contributed by atoms with Crippen LogP contribution in [0.15, 0.2) is 40.1 Å². The molecule has 0 aliphatic carbocycles. The molecule has 0 saturated carbocycles. The minimum atomic E-state index is -1.26. The first kappa shape index (κ1) is 23.8. The summed E-state index contributed by atoms with van der Waals surface area (Å²) in [5, 5.41) is 30.6. The Labute approximate surface area is 218 Å². The van der Waals surface area contributed by atoms with E-state index in [2.05, 4.69) is 15.5 Å². The minimum absolute atomic E-state index is 0. The number of β-lactam (4-membered cyclic amide) rings is 1. The molecule has 0 radical (unpaired) electrons. The molecule has 2 fully saturated rings. The zero-order valence-electron chi connectivity index (χ0n) is 16.6. The van der Waals surface area contributed by atoms with Crippen molar-refractivity contribution >= 4 is 76.3 Å². The summed E-state index contributed by atoms with van der Waals surface area (Å²) in [4.78, 5) is 40.3. The number of anilines is 1. The molecule has 1 aromatic carbocycles. The molecule has 0 bridgehead atoms. The van der Waals surface area contributed by atoms with Gasteiger partial charge in [-0.2, -0.15) is 0 Å². The third kappa shape index (κ3) is 4.19. The molecule has 168 valence electrons. The second kappa shape index (κ2) is 9.14. The number of phenolic OH excluding ortho intramolecular Hbond substituents is 1. The fraction of sp³-hybridized carbons (Fsp3) is 0.316. The van der Waals surface area contributed by atoms with Gasteiger partial charge in [0.1, 0.15) is 34.7 Å². The molecule has 3 atom stereocenters. The van der Waals surface area contributed by atoms with E-state index < -0.39 is 36.1 Å². The summed E-state index contributed by atoms with van der Waals surface area (Å²) in [6.45, 7) is 1.96. The van der Waals surface area contributed by atoms with Gasteiger partial charge in [0, 0.05) is 5.69 Å². The predicted octanol–water partition coefficient (Wildman–Crippen LogP) is 0.818. The van der Waals surface area contributed by atoms with Crippen LogP contribution in [0.4, 0.5) is 10.5 Å². The van der Waals surface area contributed by atoms with Crippen molar-refractivity contribution in [3.8, 4) is 5.75 Å². The van der Waals surface area contributed by atoms with Gasteiger partial charge in [0.15, 0.2) is 10.0 Å². The van der Waals surface area contributed by atoms with Crippen molar-refractivity contribution in [3.63, 3.8) is 0 Å². The number of likely N-dealkylation sites (tertiary alicyclic amines) is 1. The summed E-state index contributed by atoms with van der Waals surface area (Å²) >= 11 is 2.66. The summed E-state index contributed by atoms with van der Waals surface area (Å²) in [6.07, 6.45) is -0.530. The number of nitrogens with zero attached hydrogens (tertiary/aromatic N) is 4. The zero-order valence-corrected chi connectivity index (χ0v) is 18.2. The van der Waals surface area contributed by atoms with Gasteiger partial charge >= 0.3 is 41.6 Å². The zero-order chi connectivity index (χ0) is 22.6. The SMILES string of the molecule is Cc1nnc(SCC2=C(C(=O)O)N3C(=O)[C@@H]4[C@H]3[C@@H](CN4C(=O)Nc3ccc(O)cc3)O2)s1.[NaH]. The number of nitrogens with one attached hydrogen (secondary N) is 1. The first-order valence-electron chi connectivity index (χ1n) is 9.59. The molecular weight excluding hydrogens is 481 g/mol.